The first-order valence-corrected chi connectivity index (χ1v) is 6.72. The molecule has 0 aromatic heterocycles. The van der Waals surface area contributed by atoms with Crippen LogP contribution in [0.2, 0.25) is 0 Å². The molecule has 1 aromatic carbocycles. The lowest BCUT2D eigenvalue weighted by atomic mass is 10.1. The molecule has 0 radical (unpaired) electrons. The van der Waals surface area contributed by atoms with Gasteiger partial charge in [-0.05, 0) is 25.8 Å². The highest BCUT2D eigenvalue weighted by Gasteiger charge is 2.06. The van der Waals surface area contributed by atoms with E-state index in [1.165, 1.54) is 25.7 Å². The number of para-hydroxylation sites is 1. The van der Waals surface area contributed by atoms with Crippen molar-refractivity contribution in [3.8, 4) is 5.75 Å². The van der Waals surface area contributed by atoms with Gasteiger partial charge in [-0.25, -0.2) is 0 Å². The number of nitrogens with two attached hydrogens (primary N) is 1. The van der Waals surface area contributed by atoms with Crippen molar-refractivity contribution in [2.24, 2.45) is 5.73 Å². The Kier molecular flexibility index (Phi) is 6.71. The number of benzene rings is 1. The molecule has 0 saturated heterocycles. The third kappa shape index (κ3) is 5.22. The largest absolute Gasteiger partial charge is 0.490 e. The van der Waals surface area contributed by atoms with Crippen LogP contribution < -0.4 is 10.5 Å². The van der Waals surface area contributed by atoms with Gasteiger partial charge in [0.25, 0.3) is 0 Å². The number of rotatable bonds is 8. The van der Waals surface area contributed by atoms with Crippen molar-refractivity contribution in [1.29, 1.82) is 0 Å². The molecule has 1 atom stereocenters. The van der Waals surface area contributed by atoms with E-state index < -0.39 is 0 Å². The van der Waals surface area contributed by atoms with Crippen molar-refractivity contribution in [2.75, 3.05) is 0 Å². The van der Waals surface area contributed by atoms with Crippen LogP contribution in [0.3, 0.4) is 0 Å². The van der Waals surface area contributed by atoms with Gasteiger partial charge in [0, 0.05) is 12.1 Å². The molecule has 2 heteroatoms. The smallest absolute Gasteiger partial charge is 0.124 e. The van der Waals surface area contributed by atoms with E-state index in [2.05, 4.69) is 13.8 Å². The topological polar surface area (TPSA) is 35.2 Å². The minimum absolute atomic E-state index is 0.277. The molecule has 17 heavy (non-hydrogen) atoms. The predicted molar refractivity (Wildman–Crippen MR) is 73.2 cm³/mol. The molecule has 0 amide bonds. The van der Waals surface area contributed by atoms with E-state index in [9.17, 15) is 0 Å². The van der Waals surface area contributed by atoms with Crippen LogP contribution in [-0.2, 0) is 6.54 Å². The monoisotopic (exact) mass is 235 g/mol. The lowest BCUT2D eigenvalue weighted by molar-refractivity contribution is 0.204. The molecular formula is C15H25NO. The fourth-order valence-electron chi connectivity index (χ4n) is 1.92. The molecule has 0 aliphatic rings. The van der Waals surface area contributed by atoms with Gasteiger partial charge < -0.3 is 10.5 Å². The van der Waals surface area contributed by atoms with Crippen LogP contribution in [0.25, 0.3) is 0 Å². The van der Waals surface area contributed by atoms with Crippen LogP contribution in [0.5, 0.6) is 5.75 Å². The molecule has 0 bridgehead atoms. The second-order valence-corrected chi connectivity index (χ2v) is 4.59. The van der Waals surface area contributed by atoms with Gasteiger partial charge in [0.05, 0.1) is 6.10 Å². The van der Waals surface area contributed by atoms with Gasteiger partial charge in [-0.1, -0.05) is 44.4 Å². The Hall–Kier alpha value is -1.02. The second-order valence-electron chi connectivity index (χ2n) is 4.59. The van der Waals surface area contributed by atoms with Gasteiger partial charge in [-0.3, -0.25) is 0 Å². The molecule has 1 unspecified atom stereocenters. The van der Waals surface area contributed by atoms with Crippen LogP contribution in [0.15, 0.2) is 24.3 Å². The minimum atomic E-state index is 0.277. The zero-order chi connectivity index (χ0) is 12.5. The van der Waals surface area contributed by atoms with Crippen LogP contribution in [0.1, 0.15) is 51.5 Å². The van der Waals surface area contributed by atoms with Gasteiger partial charge in [-0.15, -0.1) is 0 Å². The maximum absolute atomic E-state index is 5.94. The molecule has 1 aromatic rings. The van der Waals surface area contributed by atoms with Gasteiger partial charge in [-0.2, -0.15) is 0 Å². The van der Waals surface area contributed by atoms with Crippen molar-refractivity contribution >= 4 is 0 Å². The zero-order valence-corrected chi connectivity index (χ0v) is 11.1. The van der Waals surface area contributed by atoms with E-state index in [-0.39, 0.29) is 6.10 Å². The summed E-state index contributed by atoms with van der Waals surface area (Å²) >= 11 is 0. The molecule has 96 valence electrons. The summed E-state index contributed by atoms with van der Waals surface area (Å²) in [5.74, 6) is 0.943. The normalized spacial score (nSPS) is 12.4. The summed E-state index contributed by atoms with van der Waals surface area (Å²) in [4.78, 5) is 0. The zero-order valence-electron chi connectivity index (χ0n) is 11.1. The first-order chi connectivity index (χ1) is 8.27. The molecule has 1 rings (SSSR count). The average Bonchev–Trinajstić information content (AvgIpc) is 2.35. The number of ether oxygens (including phenoxy) is 1. The fourth-order valence-corrected chi connectivity index (χ4v) is 1.92. The second kappa shape index (κ2) is 8.13. The molecule has 0 aliphatic carbocycles. The van der Waals surface area contributed by atoms with E-state index in [1.54, 1.807) is 0 Å². The van der Waals surface area contributed by atoms with Gasteiger partial charge in [0.2, 0.25) is 0 Å². The van der Waals surface area contributed by atoms with Crippen LogP contribution in [-0.4, -0.2) is 6.10 Å². The third-order valence-corrected chi connectivity index (χ3v) is 2.98. The Bertz CT molecular complexity index is 312. The summed E-state index contributed by atoms with van der Waals surface area (Å²) in [6.07, 6.45) is 6.57. The van der Waals surface area contributed by atoms with Crippen molar-refractivity contribution in [2.45, 2.75) is 58.6 Å². The maximum atomic E-state index is 5.94. The minimum Gasteiger partial charge on any atom is -0.490 e. The standard InChI is InChI=1S/C15H25NO/c1-3-4-5-6-9-13(2)17-15-11-8-7-10-14(15)12-16/h7-8,10-11,13H,3-6,9,12,16H2,1-2H3. The summed E-state index contributed by atoms with van der Waals surface area (Å²) in [5.41, 5.74) is 6.78. The number of hydrogen-bond donors (Lipinski definition) is 1. The van der Waals surface area contributed by atoms with E-state index in [0.29, 0.717) is 6.54 Å². The van der Waals surface area contributed by atoms with Crippen LogP contribution in [0, 0.1) is 0 Å². The number of hydrogen-bond acceptors (Lipinski definition) is 2. The molecule has 0 heterocycles. The molecule has 2 N–H and O–H groups in total. The molecular weight excluding hydrogens is 210 g/mol. The highest BCUT2D eigenvalue weighted by Crippen LogP contribution is 2.20. The van der Waals surface area contributed by atoms with Crippen LogP contribution >= 0.6 is 0 Å². The van der Waals surface area contributed by atoms with Crippen molar-refractivity contribution in [1.82, 2.24) is 0 Å². The summed E-state index contributed by atoms with van der Waals surface area (Å²) in [7, 11) is 0. The fraction of sp³-hybridized carbons (Fsp3) is 0.600. The van der Waals surface area contributed by atoms with Crippen molar-refractivity contribution in [3.63, 3.8) is 0 Å². The lowest BCUT2D eigenvalue weighted by Gasteiger charge is -2.16. The SMILES string of the molecule is CCCCCCC(C)Oc1ccccc1CN. The summed E-state index contributed by atoms with van der Waals surface area (Å²) < 4.78 is 5.94. The molecule has 2 nitrogen and oxygen atoms in total. The predicted octanol–water partition coefficient (Wildman–Crippen LogP) is 3.88. The average molecular weight is 235 g/mol. The molecule has 0 aliphatic heterocycles. The quantitative estimate of drug-likeness (QED) is 0.694. The van der Waals surface area contributed by atoms with Crippen LogP contribution in [0.4, 0.5) is 0 Å². The molecule has 0 spiro atoms. The summed E-state index contributed by atoms with van der Waals surface area (Å²) in [6.45, 7) is 4.91. The Morgan fingerprint density at radius 2 is 1.94 bits per heavy atom. The number of unbranched alkanes of at least 4 members (excludes halogenated alkanes) is 3. The lowest BCUT2D eigenvalue weighted by Crippen LogP contribution is -2.13. The van der Waals surface area contributed by atoms with E-state index in [1.807, 2.05) is 24.3 Å². The highest BCUT2D eigenvalue weighted by atomic mass is 16.5. The van der Waals surface area contributed by atoms with Crippen molar-refractivity contribution < 1.29 is 4.74 Å². The Morgan fingerprint density at radius 1 is 1.18 bits per heavy atom. The van der Waals surface area contributed by atoms with Gasteiger partial charge in [0.1, 0.15) is 5.75 Å². The van der Waals surface area contributed by atoms with Gasteiger partial charge >= 0.3 is 0 Å². The molecule has 0 saturated carbocycles. The summed E-state index contributed by atoms with van der Waals surface area (Å²) in [5, 5.41) is 0. The van der Waals surface area contributed by atoms with Gasteiger partial charge in [0.15, 0.2) is 0 Å². The Balaban J connectivity index is 2.36. The van der Waals surface area contributed by atoms with E-state index >= 15 is 0 Å². The first kappa shape index (κ1) is 14.0. The van der Waals surface area contributed by atoms with E-state index in [4.69, 9.17) is 10.5 Å². The maximum Gasteiger partial charge on any atom is 0.124 e. The van der Waals surface area contributed by atoms with Crippen molar-refractivity contribution in [3.05, 3.63) is 29.8 Å². The Morgan fingerprint density at radius 3 is 2.65 bits per heavy atom. The highest BCUT2D eigenvalue weighted by molar-refractivity contribution is 5.33. The third-order valence-electron chi connectivity index (χ3n) is 2.98. The Labute approximate surface area is 105 Å². The first-order valence-electron chi connectivity index (χ1n) is 6.72. The molecule has 0 fully saturated rings. The van der Waals surface area contributed by atoms with E-state index in [0.717, 1.165) is 17.7 Å². The summed E-state index contributed by atoms with van der Waals surface area (Å²) in [6, 6.07) is 8.03.